The molecule has 2 bridgehead atoms. The molecule has 4 rings (SSSR count). The van der Waals surface area contributed by atoms with Gasteiger partial charge in [0.05, 0.1) is 5.92 Å². The van der Waals surface area contributed by atoms with Gasteiger partial charge in [0.25, 0.3) is 0 Å². The van der Waals surface area contributed by atoms with Crippen LogP contribution in [0.5, 0.6) is 0 Å². The van der Waals surface area contributed by atoms with E-state index in [2.05, 4.69) is 5.32 Å². The Morgan fingerprint density at radius 3 is 2.83 bits per heavy atom. The Morgan fingerprint density at radius 2 is 2.13 bits per heavy atom. The molecule has 3 fully saturated rings. The van der Waals surface area contributed by atoms with Crippen molar-refractivity contribution in [2.24, 2.45) is 17.8 Å². The average Bonchev–Trinajstić information content (AvgIpc) is 3.22. The number of fused-ring (bicyclic) bond motifs is 2. The third kappa shape index (κ3) is 2.85. The maximum Gasteiger partial charge on any atom is 0.227 e. The van der Waals surface area contributed by atoms with E-state index in [0.717, 1.165) is 18.0 Å². The van der Waals surface area contributed by atoms with Gasteiger partial charge in [-0.05, 0) is 49.3 Å². The third-order valence-electron chi connectivity index (χ3n) is 5.68. The second-order valence-electron chi connectivity index (χ2n) is 7.18. The van der Waals surface area contributed by atoms with Crippen molar-refractivity contribution in [3.05, 3.63) is 29.3 Å². The van der Waals surface area contributed by atoms with Crippen LogP contribution in [0, 0.1) is 17.8 Å². The van der Waals surface area contributed by atoms with Gasteiger partial charge < -0.3 is 10.2 Å². The number of hydrogen-bond donors (Lipinski definition) is 1. The number of hydrogen-bond acceptors (Lipinski definition) is 2. The minimum absolute atomic E-state index is 0.000333. The summed E-state index contributed by atoms with van der Waals surface area (Å²) in [5.41, 5.74) is 0.776. The molecule has 4 atom stereocenters. The van der Waals surface area contributed by atoms with Crippen molar-refractivity contribution < 1.29 is 9.59 Å². The number of halogens is 1. The highest BCUT2D eigenvalue weighted by Crippen LogP contribution is 2.44. The van der Waals surface area contributed by atoms with Crippen LogP contribution < -0.4 is 10.2 Å². The molecule has 1 aromatic rings. The van der Waals surface area contributed by atoms with E-state index in [1.807, 2.05) is 12.1 Å². The second-order valence-corrected chi connectivity index (χ2v) is 7.61. The number of amides is 2. The molecule has 1 saturated heterocycles. The molecule has 3 aliphatic rings. The fraction of sp³-hybridized carbons (Fsp3) is 0.556. The lowest BCUT2D eigenvalue weighted by Gasteiger charge is -2.24. The van der Waals surface area contributed by atoms with Crippen LogP contribution in [0.1, 0.15) is 32.1 Å². The smallest absolute Gasteiger partial charge is 0.227 e. The Hall–Kier alpha value is -1.55. The number of nitrogens with zero attached hydrogens (tertiary/aromatic N) is 1. The van der Waals surface area contributed by atoms with Crippen molar-refractivity contribution in [3.8, 4) is 0 Å². The third-order valence-corrected chi connectivity index (χ3v) is 5.92. The topological polar surface area (TPSA) is 49.4 Å². The number of benzene rings is 1. The maximum absolute atomic E-state index is 12.6. The lowest BCUT2D eigenvalue weighted by atomic mass is 9.94. The molecular weight excluding hydrogens is 312 g/mol. The molecule has 2 aliphatic carbocycles. The monoisotopic (exact) mass is 332 g/mol. The molecule has 23 heavy (non-hydrogen) atoms. The van der Waals surface area contributed by atoms with Gasteiger partial charge in [-0.3, -0.25) is 9.59 Å². The SMILES string of the molecule is O=C(N[C@@H]1C[C@@H]2CC[C@H]1C2)[C@@H]1CC(=O)N(c2cccc(Cl)c2)C1. The largest absolute Gasteiger partial charge is 0.353 e. The molecule has 122 valence electrons. The van der Waals surface area contributed by atoms with Crippen molar-refractivity contribution in [2.75, 3.05) is 11.4 Å². The Labute approximate surface area is 141 Å². The Bertz CT molecular complexity index is 648. The van der Waals surface area contributed by atoms with Crippen molar-refractivity contribution in [3.63, 3.8) is 0 Å². The van der Waals surface area contributed by atoms with Crippen molar-refractivity contribution >= 4 is 29.1 Å². The van der Waals surface area contributed by atoms with E-state index in [0.29, 0.717) is 29.9 Å². The summed E-state index contributed by atoms with van der Waals surface area (Å²) in [6, 6.07) is 7.57. The molecule has 0 aromatic heterocycles. The minimum atomic E-state index is -0.249. The van der Waals surface area contributed by atoms with Gasteiger partial charge >= 0.3 is 0 Å². The summed E-state index contributed by atoms with van der Waals surface area (Å²) < 4.78 is 0. The fourth-order valence-corrected chi connectivity index (χ4v) is 4.68. The van der Waals surface area contributed by atoms with Crippen LogP contribution in [0.2, 0.25) is 5.02 Å². The van der Waals surface area contributed by atoms with Crippen molar-refractivity contribution in [1.82, 2.24) is 5.32 Å². The Kier molecular flexibility index (Phi) is 3.80. The molecule has 1 heterocycles. The first-order valence-electron chi connectivity index (χ1n) is 8.46. The molecule has 2 saturated carbocycles. The van der Waals surface area contributed by atoms with Crippen LogP contribution in [-0.4, -0.2) is 24.4 Å². The zero-order valence-electron chi connectivity index (χ0n) is 13.0. The molecule has 1 N–H and O–H groups in total. The van der Waals surface area contributed by atoms with Crippen molar-refractivity contribution in [2.45, 2.75) is 38.1 Å². The van der Waals surface area contributed by atoms with Crippen LogP contribution in [0.25, 0.3) is 0 Å². The van der Waals surface area contributed by atoms with E-state index in [-0.39, 0.29) is 17.7 Å². The molecule has 0 radical (unpaired) electrons. The Balaban J connectivity index is 1.41. The summed E-state index contributed by atoms with van der Waals surface area (Å²) >= 11 is 6.00. The molecule has 4 nitrogen and oxygen atoms in total. The van der Waals surface area contributed by atoms with Crippen LogP contribution in [-0.2, 0) is 9.59 Å². The minimum Gasteiger partial charge on any atom is -0.353 e. The first-order chi connectivity index (χ1) is 11.1. The number of anilines is 1. The summed E-state index contributed by atoms with van der Waals surface area (Å²) in [6.07, 6.45) is 5.24. The zero-order chi connectivity index (χ0) is 16.0. The fourth-order valence-electron chi connectivity index (χ4n) is 4.50. The highest BCUT2D eigenvalue weighted by molar-refractivity contribution is 6.30. The van der Waals surface area contributed by atoms with E-state index in [1.165, 1.54) is 19.3 Å². The number of carbonyl (C=O) groups excluding carboxylic acids is 2. The van der Waals surface area contributed by atoms with Crippen molar-refractivity contribution in [1.29, 1.82) is 0 Å². The summed E-state index contributed by atoms with van der Waals surface area (Å²) in [5.74, 6) is 1.25. The lowest BCUT2D eigenvalue weighted by Crippen LogP contribution is -2.42. The quantitative estimate of drug-likeness (QED) is 0.925. The molecule has 1 aromatic carbocycles. The van der Waals surface area contributed by atoms with Crippen LogP contribution in [0.4, 0.5) is 5.69 Å². The molecule has 0 spiro atoms. The predicted molar refractivity (Wildman–Crippen MR) is 89.3 cm³/mol. The van der Waals surface area contributed by atoms with Crippen LogP contribution >= 0.6 is 11.6 Å². The van der Waals surface area contributed by atoms with Gasteiger partial charge in [0.2, 0.25) is 11.8 Å². The van der Waals surface area contributed by atoms with E-state index in [1.54, 1.807) is 17.0 Å². The summed E-state index contributed by atoms with van der Waals surface area (Å²) in [5, 5.41) is 3.81. The summed E-state index contributed by atoms with van der Waals surface area (Å²) in [4.78, 5) is 26.5. The van der Waals surface area contributed by atoms with Gasteiger partial charge in [-0.25, -0.2) is 0 Å². The maximum atomic E-state index is 12.6. The van der Waals surface area contributed by atoms with Crippen LogP contribution in [0.15, 0.2) is 24.3 Å². The molecular formula is C18H21ClN2O2. The van der Waals surface area contributed by atoms with E-state index >= 15 is 0 Å². The molecule has 0 unspecified atom stereocenters. The lowest BCUT2D eigenvalue weighted by molar-refractivity contribution is -0.127. The van der Waals surface area contributed by atoms with Gasteiger partial charge in [-0.1, -0.05) is 24.1 Å². The normalized spacial score (nSPS) is 32.6. The standard InChI is InChI=1S/C18H21ClN2O2/c19-14-2-1-3-15(9-14)21-10-13(8-17(21)22)18(23)20-16-7-11-4-5-12(16)6-11/h1-3,9,11-13,16H,4-8,10H2,(H,20,23)/t11-,12+,13-,16-/m1/s1. The molecule has 1 aliphatic heterocycles. The van der Waals surface area contributed by atoms with Gasteiger partial charge in [-0.15, -0.1) is 0 Å². The predicted octanol–water partition coefficient (Wildman–Crippen LogP) is 3.00. The summed E-state index contributed by atoms with van der Waals surface area (Å²) in [6.45, 7) is 0.450. The summed E-state index contributed by atoms with van der Waals surface area (Å²) in [7, 11) is 0. The average molecular weight is 333 g/mol. The van der Waals surface area contributed by atoms with Gasteiger partial charge in [0, 0.05) is 29.7 Å². The highest BCUT2D eigenvalue weighted by Gasteiger charge is 2.42. The van der Waals surface area contributed by atoms with E-state index < -0.39 is 0 Å². The first kappa shape index (κ1) is 15.0. The van der Waals surface area contributed by atoms with Crippen LogP contribution in [0.3, 0.4) is 0 Å². The second kappa shape index (κ2) is 5.82. The Morgan fingerprint density at radius 1 is 1.26 bits per heavy atom. The first-order valence-corrected chi connectivity index (χ1v) is 8.84. The van der Waals surface area contributed by atoms with E-state index in [4.69, 9.17) is 11.6 Å². The van der Waals surface area contributed by atoms with Gasteiger partial charge in [0.1, 0.15) is 0 Å². The zero-order valence-corrected chi connectivity index (χ0v) is 13.8. The van der Waals surface area contributed by atoms with E-state index in [9.17, 15) is 9.59 Å². The van der Waals surface area contributed by atoms with Gasteiger partial charge in [-0.2, -0.15) is 0 Å². The number of nitrogens with one attached hydrogen (secondary N) is 1. The number of carbonyl (C=O) groups is 2. The highest BCUT2D eigenvalue weighted by atomic mass is 35.5. The number of rotatable bonds is 3. The van der Waals surface area contributed by atoms with Gasteiger partial charge in [0.15, 0.2) is 0 Å². The molecule has 5 heteroatoms. The molecule has 2 amide bonds.